The summed E-state index contributed by atoms with van der Waals surface area (Å²) in [5.41, 5.74) is 0. The molecule has 56 valence electrons. The molecule has 0 aromatic carbocycles. The van der Waals surface area contributed by atoms with E-state index in [1.165, 1.54) is 0 Å². The molecule has 0 aromatic heterocycles. The molecule has 0 radical (unpaired) electrons. The predicted octanol–water partition coefficient (Wildman–Crippen LogP) is 0.553. The van der Waals surface area contributed by atoms with Gasteiger partial charge in [-0.1, -0.05) is 6.92 Å². The van der Waals surface area contributed by atoms with E-state index < -0.39 is 11.3 Å². The molecule has 0 bridgehead atoms. The molecule has 0 aromatic rings. The van der Waals surface area contributed by atoms with Gasteiger partial charge >= 0.3 is 0 Å². The van der Waals surface area contributed by atoms with Crippen LogP contribution in [0.25, 0.3) is 0 Å². The van der Waals surface area contributed by atoms with Crippen LogP contribution in [0.15, 0.2) is 0 Å². The maximum Gasteiger partial charge on any atom is 0.236 e. The number of hydrogen-bond acceptors (Lipinski definition) is 2. The average molecular weight is 151 g/mol. The summed E-state index contributed by atoms with van der Waals surface area (Å²) in [4.78, 5) is 0. The van der Waals surface area contributed by atoms with Crippen LogP contribution in [-0.4, -0.2) is 28.7 Å². The van der Waals surface area contributed by atoms with Gasteiger partial charge in [0.2, 0.25) is 11.3 Å². The second-order valence-electron chi connectivity index (χ2n) is 1.57. The third-order valence-electron chi connectivity index (χ3n) is 0.918. The maximum absolute atomic E-state index is 10.8. The van der Waals surface area contributed by atoms with E-state index in [2.05, 4.69) is 0 Å². The molecule has 0 N–H and O–H groups in total. The van der Waals surface area contributed by atoms with Crippen molar-refractivity contribution < 1.29 is 8.39 Å². The van der Waals surface area contributed by atoms with Crippen molar-refractivity contribution >= 4 is 11.3 Å². The quantitative estimate of drug-likeness (QED) is 0.587. The van der Waals surface area contributed by atoms with Crippen LogP contribution >= 0.6 is 0 Å². The predicted molar refractivity (Wildman–Crippen MR) is 38.1 cm³/mol. The summed E-state index contributed by atoms with van der Waals surface area (Å²) in [6.07, 6.45) is 0. The van der Waals surface area contributed by atoms with Gasteiger partial charge in [0.1, 0.15) is 0 Å². The maximum atomic E-state index is 10.8. The molecule has 0 aliphatic rings. The molecule has 0 heterocycles. The van der Waals surface area contributed by atoms with Crippen LogP contribution in [-0.2, 0) is 15.4 Å². The summed E-state index contributed by atoms with van der Waals surface area (Å²) >= 11 is -1.23. The van der Waals surface area contributed by atoms with Crippen molar-refractivity contribution in [2.75, 3.05) is 20.2 Å². The van der Waals surface area contributed by atoms with Crippen molar-refractivity contribution in [3.8, 4) is 0 Å². The van der Waals surface area contributed by atoms with Crippen LogP contribution in [0, 0.1) is 0 Å². The smallest absolute Gasteiger partial charge is 0.236 e. The Labute approximate surface area is 58.8 Å². The number of rotatable bonds is 4. The monoisotopic (exact) mass is 151 g/mol. The largest absolute Gasteiger partial charge is 0.278 e. The molecule has 3 nitrogen and oxygen atoms in total. The normalized spacial score (nSPS) is 14.2. The molecular weight excluding hydrogens is 138 g/mol. The van der Waals surface area contributed by atoms with Gasteiger partial charge in [0.15, 0.2) is 0 Å². The second-order valence-corrected chi connectivity index (χ2v) is 2.86. The van der Waals surface area contributed by atoms with Crippen LogP contribution in [0.3, 0.4) is 0 Å². The van der Waals surface area contributed by atoms with E-state index in [0.717, 1.165) is 6.54 Å². The topological polar surface area (TPSA) is 29.5 Å². The highest BCUT2D eigenvalue weighted by atomic mass is 32.2. The summed E-state index contributed by atoms with van der Waals surface area (Å²) in [6, 6.07) is 0. The Morgan fingerprint density at radius 1 is 1.56 bits per heavy atom. The van der Waals surface area contributed by atoms with E-state index in [0.29, 0.717) is 6.61 Å². The van der Waals surface area contributed by atoms with E-state index >= 15 is 0 Å². The third kappa shape index (κ3) is 3.61. The lowest BCUT2D eigenvalue weighted by molar-refractivity contribution is 0.336. The van der Waals surface area contributed by atoms with E-state index in [4.69, 9.17) is 4.18 Å². The molecule has 0 rings (SSSR count). The van der Waals surface area contributed by atoms with Gasteiger partial charge in [0.25, 0.3) is 0 Å². The summed E-state index contributed by atoms with van der Waals surface area (Å²) in [6.45, 7) is 4.99. The fourth-order valence-corrected chi connectivity index (χ4v) is 0.889. The lowest BCUT2D eigenvalue weighted by atomic mass is 10.8. The van der Waals surface area contributed by atoms with Gasteiger partial charge in [-0.15, -0.1) is 0 Å². The van der Waals surface area contributed by atoms with Crippen LogP contribution in [0.5, 0.6) is 0 Å². The van der Waals surface area contributed by atoms with Gasteiger partial charge in [0, 0.05) is 13.6 Å². The highest BCUT2D eigenvalue weighted by molar-refractivity contribution is 7.77. The molecule has 0 saturated carbocycles. The van der Waals surface area contributed by atoms with Gasteiger partial charge < -0.3 is 0 Å². The van der Waals surface area contributed by atoms with Gasteiger partial charge in [-0.2, -0.15) is 0 Å². The second kappa shape index (κ2) is 4.90. The van der Waals surface area contributed by atoms with Crippen molar-refractivity contribution in [2.24, 2.45) is 0 Å². The van der Waals surface area contributed by atoms with Gasteiger partial charge in [-0.3, -0.25) is 4.18 Å². The molecule has 0 aliphatic heterocycles. The first-order chi connectivity index (χ1) is 4.22. The Kier molecular flexibility index (Phi) is 4.94. The Morgan fingerprint density at radius 2 is 2.11 bits per heavy atom. The van der Waals surface area contributed by atoms with E-state index in [1.54, 1.807) is 11.4 Å². The van der Waals surface area contributed by atoms with Gasteiger partial charge in [-0.25, -0.2) is 8.51 Å². The summed E-state index contributed by atoms with van der Waals surface area (Å²) in [5.74, 6) is 0. The lowest BCUT2D eigenvalue weighted by Gasteiger charge is -2.10. The van der Waals surface area contributed by atoms with Crippen molar-refractivity contribution in [1.82, 2.24) is 4.31 Å². The van der Waals surface area contributed by atoms with Crippen LogP contribution in [0.4, 0.5) is 0 Å². The van der Waals surface area contributed by atoms with E-state index in [9.17, 15) is 4.21 Å². The first-order valence-electron chi connectivity index (χ1n) is 2.98. The van der Waals surface area contributed by atoms with Crippen molar-refractivity contribution in [3.05, 3.63) is 0 Å². The lowest BCUT2D eigenvalue weighted by Crippen LogP contribution is -2.22. The van der Waals surface area contributed by atoms with Crippen molar-refractivity contribution in [1.29, 1.82) is 0 Å². The third-order valence-corrected chi connectivity index (χ3v) is 2.12. The summed E-state index contributed by atoms with van der Waals surface area (Å²) in [7, 11) is 1.76. The molecule has 4 heteroatoms. The van der Waals surface area contributed by atoms with E-state index in [-0.39, 0.29) is 0 Å². The fraction of sp³-hybridized carbons (Fsp3) is 1.00. The SMILES string of the molecule is CCOS(=O)N(C)CC. The summed E-state index contributed by atoms with van der Waals surface area (Å²) < 4.78 is 17.2. The van der Waals surface area contributed by atoms with Crippen LogP contribution in [0.2, 0.25) is 0 Å². The zero-order chi connectivity index (χ0) is 7.28. The average Bonchev–Trinajstić information content (AvgIpc) is 1.87. The number of hydrogen-bond donors (Lipinski definition) is 0. The van der Waals surface area contributed by atoms with Gasteiger partial charge in [0.05, 0.1) is 6.61 Å². The Bertz CT molecular complexity index is 97.0. The highest BCUT2D eigenvalue weighted by Gasteiger charge is 2.02. The van der Waals surface area contributed by atoms with Crippen LogP contribution in [0.1, 0.15) is 13.8 Å². The molecule has 0 fully saturated rings. The van der Waals surface area contributed by atoms with Crippen molar-refractivity contribution in [3.63, 3.8) is 0 Å². The Balaban J connectivity index is 3.46. The Hall–Kier alpha value is 0.0700. The van der Waals surface area contributed by atoms with Gasteiger partial charge in [-0.05, 0) is 6.92 Å². The summed E-state index contributed by atoms with van der Waals surface area (Å²) in [5, 5.41) is 0. The standard InChI is InChI=1S/C5H13NO2S/c1-4-6(3)9(7)8-5-2/h4-5H2,1-3H3. The minimum atomic E-state index is -1.23. The minimum absolute atomic E-state index is 0.497. The van der Waals surface area contributed by atoms with Crippen LogP contribution < -0.4 is 0 Å². The molecule has 0 saturated heterocycles. The Morgan fingerprint density at radius 3 is 2.44 bits per heavy atom. The molecule has 9 heavy (non-hydrogen) atoms. The number of nitrogens with zero attached hydrogens (tertiary/aromatic N) is 1. The zero-order valence-corrected chi connectivity index (χ0v) is 6.90. The van der Waals surface area contributed by atoms with E-state index in [1.807, 2.05) is 13.8 Å². The molecular formula is C5H13NO2S. The molecule has 1 unspecified atom stereocenters. The van der Waals surface area contributed by atoms with Crippen molar-refractivity contribution in [2.45, 2.75) is 13.8 Å². The first-order valence-corrected chi connectivity index (χ1v) is 4.01. The molecule has 1 atom stereocenters. The first kappa shape index (κ1) is 9.07. The zero-order valence-electron chi connectivity index (χ0n) is 6.09. The minimum Gasteiger partial charge on any atom is -0.278 e. The fourth-order valence-electron chi connectivity index (χ4n) is 0.296. The molecule has 0 spiro atoms. The highest BCUT2D eigenvalue weighted by Crippen LogP contribution is 1.90. The molecule has 0 amide bonds. The molecule has 0 aliphatic carbocycles.